The highest BCUT2D eigenvalue weighted by molar-refractivity contribution is 5.93. The molecule has 0 aliphatic heterocycles. The summed E-state index contributed by atoms with van der Waals surface area (Å²) >= 11 is 0. The zero-order valence-electron chi connectivity index (χ0n) is 10.0. The van der Waals surface area contributed by atoms with E-state index in [9.17, 15) is 4.79 Å². The lowest BCUT2D eigenvalue weighted by Crippen LogP contribution is -2.44. The first-order valence-corrected chi connectivity index (χ1v) is 5.58. The molecule has 0 saturated carbocycles. The molecule has 0 spiro atoms. The number of urea groups is 1. The number of guanidine groups is 1. The van der Waals surface area contributed by atoms with Crippen LogP contribution >= 0.6 is 0 Å². The van der Waals surface area contributed by atoms with Crippen LogP contribution in [0.25, 0.3) is 0 Å². The molecule has 0 aromatic heterocycles. The molecule has 16 heavy (non-hydrogen) atoms. The Morgan fingerprint density at radius 1 is 1.50 bits per heavy atom. The van der Waals surface area contributed by atoms with E-state index in [-0.39, 0.29) is 5.96 Å². The van der Waals surface area contributed by atoms with Crippen LogP contribution in [0.15, 0.2) is 0 Å². The quantitative estimate of drug-likeness (QED) is 0.330. The second-order valence-electron chi connectivity index (χ2n) is 4.10. The van der Waals surface area contributed by atoms with Crippen LogP contribution in [0.5, 0.6) is 0 Å². The zero-order valence-corrected chi connectivity index (χ0v) is 10.0. The second kappa shape index (κ2) is 7.92. The average Bonchev–Trinajstić information content (AvgIpc) is 2.22. The van der Waals surface area contributed by atoms with Crippen molar-refractivity contribution in [3.05, 3.63) is 0 Å². The van der Waals surface area contributed by atoms with Crippen LogP contribution in [0.4, 0.5) is 4.79 Å². The summed E-state index contributed by atoms with van der Waals surface area (Å²) in [6, 6.07) is -0.724. The Kier molecular flexibility index (Phi) is 7.28. The predicted molar refractivity (Wildman–Crippen MR) is 65.1 cm³/mol. The third kappa shape index (κ3) is 7.05. The molecule has 0 saturated heterocycles. The average molecular weight is 229 g/mol. The van der Waals surface area contributed by atoms with Gasteiger partial charge < -0.3 is 16.8 Å². The van der Waals surface area contributed by atoms with Crippen molar-refractivity contribution < 1.29 is 4.79 Å². The number of nitrogens with one attached hydrogen (secondary N) is 3. The molecular weight excluding hydrogens is 206 g/mol. The molecule has 94 valence electrons. The van der Waals surface area contributed by atoms with E-state index < -0.39 is 6.03 Å². The molecule has 0 aliphatic rings. The monoisotopic (exact) mass is 229 g/mol. The summed E-state index contributed by atoms with van der Waals surface area (Å²) in [5, 5.41) is 12.3. The van der Waals surface area contributed by atoms with Crippen molar-refractivity contribution in [3.63, 3.8) is 0 Å². The highest BCUT2D eigenvalue weighted by atomic mass is 16.2. The topological polar surface area (TPSA) is 117 Å². The van der Waals surface area contributed by atoms with Crippen molar-refractivity contribution >= 4 is 12.0 Å². The van der Waals surface area contributed by atoms with Gasteiger partial charge in [0.15, 0.2) is 5.96 Å². The number of nitrogens with two attached hydrogens (primary N) is 2. The molecule has 0 aliphatic carbocycles. The van der Waals surface area contributed by atoms with Gasteiger partial charge in [0.05, 0.1) is 0 Å². The molecule has 0 aromatic rings. The van der Waals surface area contributed by atoms with E-state index >= 15 is 0 Å². The molecule has 0 radical (unpaired) electrons. The van der Waals surface area contributed by atoms with Gasteiger partial charge in [-0.3, -0.25) is 10.7 Å². The SMILES string of the molecule is CCC(CN)CC(C)CNC(=N)NC(N)=O. The highest BCUT2D eigenvalue weighted by Gasteiger charge is 2.10. The minimum Gasteiger partial charge on any atom is -0.356 e. The molecule has 0 rings (SSSR count). The lowest BCUT2D eigenvalue weighted by atomic mass is 9.94. The zero-order chi connectivity index (χ0) is 12.6. The maximum absolute atomic E-state index is 10.4. The fourth-order valence-electron chi connectivity index (χ4n) is 1.53. The summed E-state index contributed by atoms with van der Waals surface area (Å²) in [6.45, 7) is 5.53. The van der Waals surface area contributed by atoms with E-state index in [4.69, 9.17) is 16.9 Å². The molecule has 2 amide bonds. The van der Waals surface area contributed by atoms with Crippen LogP contribution in [0.2, 0.25) is 0 Å². The van der Waals surface area contributed by atoms with Gasteiger partial charge in [-0.25, -0.2) is 4.79 Å². The standard InChI is InChI=1S/C10H23N5O/c1-3-8(5-11)4-7(2)6-14-9(12)15-10(13)16/h7-8H,3-6,11H2,1-2H3,(H5,12,13,14,15,16). The maximum atomic E-state index is 10.4. The number of carbonyl (C=O) groups is 1. The molecule has 0 aromatic carbocycles. The van der Waals surface area contributed by atoms with Gasteiger partial charge in [0.25, 0.3) is 0 Å². The largest absolute Gasteiger partial charge is 0.356 e. The molecule has 0 fully saturated rings. The van der Waals surface area contributed by atoms with Crippen molar-refractivity contribution in [2.45, 2.75) is 26.7 Å². The minimum absolute atomic E-state index is 0.0554. The van der Waals surface area contributed by atoms with Crippen LogP contribution in [-0.4, -0.2) is 25.1 Å². The van der Waals surface area contributed by atoms with Crippen LogP contribution in [-0.2, 0) is 0 Å². The van der Waals surface area contributed by atoms with Gasteiger partial charge >= 0.3 is 6.03 Å². The van der Waals surface area contributed by atoms with Crippen LogP contribution in [0.3, 0.4) is 0 Å². The highest BCUT2D eigenvalue weighted by Crippen LogP contribution is 2.13. The van der Waals surface area contributed by atoms with E-state index in [0.717, 1.165) is 12.8 Å². The van der Waals surface area contributed by atoms with Gasteiger partial charge in [0, 0.05) is 6.54 Å². The third-order valence-corrected chi connectivity index (χ3v) is 2.52. The number of hydrogen-bond acceptors (Lipinski definition) is 3. The molecule has 2 unspecified atom stereocenters. The number of hydrogen-bond donors (Lipinski definition) is 5. The Hall–Kier alpha value is -1.30. The van der Waals surface area contributed by atoms with Crippen LogP contribution in [0, 0.1) is 17.2 Å². The Labute approximate surface area is 96.7 Å². The van der Waals surface area contributed by atoms with Crippen molar-refractivity contribution in [2.75, 3.05) is 13.1 Å². The molecular formula is C10H23N5O. The Balaban J connectivity index is 3.75. The number of amides is 2. The normalized spacial score (nSPS) is 13.9. The van der Waals surface area contributed by atoms with E-state index in [0.29, 0.717) is 24.9 Å². The number of rotatable bonds is 6. The molecule has 0 bridgehead atoms. The van der Waals surface area contributed by atoms with Gasteiger partial charge in [-0.15, -0.1) is 0 Å². The minimum atomic E-state index is -0.724. The Bertz CT molecular complexity index is 227. The first kappa shape index (κ1) is 14.7. The number of primary amides is 1. The first-order chi connectivity index (χ1) is 7.49. The van der Waals surface area contributed by atoms with Gasteiger partial charge in [0.2, 0.25) is 0 Å². The molecule has 7 N–H and O–H groups in total. The molecule has 6 nitrogen and oxygen atoms in total. The molecule has 0 heterocycles. The summed E-state index contributed by atoms with van der Waals surface area (Å²) in [5.74, 6) is 0.874. The fourth-order valence-corrected chi connectivity index (χ4v) is 1.53. The van der Waals surface area contributed by atoms with Gasteiger partial charge in [-0.1, -0.05) is 20.3 Å². The Morgan fingerprint density at radius 3 is 2.56 bits per heavy atom. The van der Waals surface area contributed by atoms with Crippen molar-refractivity contribution in [1.82, 2.24) is 10.6 Å². The van der Waals surface area contributed by atoms with E-state index in [1.165, 1.54) is 0 Å². The van der Waals surface area contributed by atoms with Crippen LogP contribution < -0.4 is 22.1 Å². The smallest absolute Gasteiger partial charge is 0.318 e. The summed E-state index contributed by atoms with van der Waals surface area (Å²) in [7, 11) is 0. The lowest BCUT2D eigenvalue weighted by molar-refractivity contribution is 0.252. The summed E-state index contributed by atoms with van der Waals surface area (Å²) in [5.41, 5.74) is 10.5. The van der Waals surface area contributed by atoms with Gasteiger partial charge in [-0.2, -0.15) is 0 Å². The van der Waals surface area contributed by atoms with E-state index in [1.807, 2.05) is 0 Å². The summed E-state index contributed by atoms with van der Waals surface area (Å²) in [4.78, 5) is 10.4. The van der Waals surface area contributed by atoms with Crippen molar-refractivity contribution in [3.8, 4) is 0 Å². The lowest BCUT2D eigenvalue weighted by Gasteiger charge is -2.19. The predicted octanol–water partition coefficient (Wildman–Crippen LogP) is 0.190. The molecule has 2 atom stereocenters. The fraction of sp³-hybridized carbons (Fsp3) is 0.800. The van der Waals surface area contributed by atoms with Crippen LogP contribution in [0.1, 0.15) is 26.7 Å². The van der Waals surface area contributed by atoms with Gasteiger partial charge in [-0.05, 0) is 24.8 Å². The van der Waals surface area contributed by atoms with Gasteiger partial charge in [0.1, 0.15) is 0 Å². The first-order valence-electron chi connectivity index (χ1n) is 5.58. The maximum Gasteiger partial charge on any atom is 0.318 e. The third-order valence-electron chi connectivity index (χ3n) is 2.52. The van der Waals surface area contributed by atoms with Crippen molar-refractivity contribution in [2.24, 2.45) is 23.3 Å². The number of carbonyl (C=O) groups excluding carboxylic acids is 1. The van der Waals surface area contributed by atoms with Crippen molar-refractivity contribution in [1.29, 1.82) is 5.41 Å². The second-order valence-corrected chi connectivity index (χ2v) is 4.10. The Morgan fingerprint density at radius 2 is 2.12 bits per heavy atom. The summed E-state index contributed by atoms with van der Waals surface area (Å²) in [6.07, 6.45) is 2.08. The van der Waals surface area contributed by atoms with E-state index in [1.54, 1.807) is 0 Å². The van der Waals surface area contributed by atoms with E-state index in [2.05, 4.69) is 24.5 Å². The summed E-state index contributed by atoms with van der Waals surface area (Å²) < 4.78 is 0. The molecule has 6 heteroatoms.